The fourth-order valence-electron chi connectivity index (χ4n) is 3.53. The van der Waals surface area contributed by atoms with Crippen molar-refractivity contribution in [3.05, 3.63) is 90.8 Å². The molecule has 5 rings (SSSR count). The fraction of sp³-hybridized carbons (Fsp3) is 0.0435. The highest BCUT2D eigenvalue weighted by atomic mass is 32.2. The molecule has 7 heteroatoms. The Kier molecular flexibility index (Phi) is 4.25. The van der Waals surface area contributed by atoms with Crippen molar-refractivity contribution >= 4 is 43.5 Å². The Bertz CT molecular complexity index is 1490. The first-order valence-corrected chi connectivity index (χ1v) is 10.9. The minimum absolute atomic E-state index is 0.239. The molecule has 0 saturated heterocycles. The summed E-state index contributed by atoms with van der Waals surface area (Å²) in [5, 5.41) is 4.34. The number of nitrogens with one attached hydrogen (secondary N) is 1. The molecule has 0 amide bonds. The van der Waals surface area contributed by atoms with Crippen LogP contribution in [0.1, 0.15) is 5.69 Å². The lowest BCUT2D eigenvalue weighted by Crippen LogP contribution is -2.11. The second kappa shape index (κ2) is 6.96. The van der Waals surface area contributed by atoms with Gasteiger partial charge >= 0.3 is 0 Å². The third-order valence-electron chi connectivity index (χ3n) is 4.91. The van der Waals surface area contributed by atoms with Crippen LogP contribution in [0, 0.1) is 6.92 Å². The number of benzene rings is 2. The van der Waals surface area contributed by atoms with Crippen molar-refractivity contribution in [1.82, 2.24) is 13.9 Å². The second-order valence-corrected chi connectivity index (χ2v) is 8.80. The number of nitrogens with zero attached hydrogens (tertiary/aromatic N) is 3. The van der Waals surface area contributed by atoms with Gasteiger partial charge in [-0.05, 0) is 49.4 Å². The molecular formula is C23H18N4O2S. The van der Waals surface area contributed by atoms with Crippen molar-refractivity contribution in [2.75, 3.05) is 5.32 Å². The van der Waals surface area contributed by atoms with E-state index in [1.807, 2.05) is 37.3 Å². The summed E-state index contributed by atoms with van der Waals surface area (Å²) in [6.45, 7) is 1.95. The van der Waals surface area contributed by atoms with E-state index in [0.717, 1.165) is 22.3 Å². The molecule has 3 aromatic heterocycles. The maximum absolute atomic E-state index is 13.0. The average Bonchev–Trinajstić information content (AvgIpc) is 3.18. The number of para-hydroxylation sites is 1. The van der Waals surface area contributed by atoms with E-state index in [-0.39, 0.29) is 4.90 Å². The van der Waals surface area contributed by atoms with Crippen molar-refractivity contribution in [1.29, 1.82) is 0 Å². The predicted octanol–water partition coefficient (Wildman–Crippen LogP) is 4.87. The number of hydrogen-bond acceptors (Lipinski definition) is 5. The predicted molar refractivity (Wildman–Crippen MR) is 119 cm³/mol. The van der Waals surface area contributed by atoms with Crippen molar-refractivity contribution < 1.29 is 8.42 Å². The molecule has 0 bridgehead atoms. The van der Waals surface area contributed by atoms with Crippen LogP contribution in [0.3, 0.4) is 0 Å². The minimum Gasteiger partial charge on any atom is -0.340 e. The fourth-order valence-corrected chi connectivity index (χ4v) is 4.89. The van der Waals surface area contributed by atoms with E-state index < -0.39 is 10.0 Å². The Morgan fingerprint density at radius 3 is 2.43 bits per heavy atom. The largest absolute Gasteiger partial charge is 0.340 e. The maximum atomic E-state index is 13.0. The number of fused-ring (bicyclic) bond motifs is 2. The molecule has 0 saturated carbocycles. The Balaban J connectivity index is 1.55. The van der Waals surface area contributed by atoms with Gasteiger partial charge in [-0.1, -0.05) is 36.4 Å². The lowest BCUT2D eigenvalue weighted by molar-refractivity contribution is 0.589. The summed E-state index contributed by atoms with van der Waals surface area (Å²) in [6, 6.07) is 23.5. The second-order valence-electron chi connectivity index (χ2n) is 6.98. The van der Waals surface area contributed by atoms with Crippen LogP contribution in [0.5, 0.6) is 0 Å². The smallest absolute Gasteiger partial charge is 0.268 e. The number of hydrogen-bond donors (Lipinski definition) is 1. The molecule has 0 unspecified atom stereocenters. The standard InChI is InChI=1S/C23H18N4O2S/c1-16-15-21(18-9-5-6-10-19(18)24-16)26-23-12-11-22-20(25-23)13-14-27(22)30(28,29)17-7-3-2-4-8-17/h2-15H,1H3,(H,24,25,26). The minimum atomic E-state index is -3.68. The molecule has 6 nitrogen and oxygen atoms in total. The molecule has 0 aliphatic heterocycles. The zero-order valence-electron chi connectivity index (χ0n) is 16.1. The summed E-state index contributed by atoms with van der Waals surface area (Å²) in [5.41, 5.74) is 3.83. The molecule has 0 spiro atoms. The van der Waals surface area contributed by atoms with Crippen LogP contribution in [0.25, 0.3) is 21.9 Å². The third-order valence-corrected chi connectivity index (χ3v) is 6.62. The topological polar surface area (TPSA) is 76.9 Å². The first-order valence-electron chi connectivity index (χ1n) is 9.44. The van der Waals surface area contributed by atoms with Gasteiger partial charge in [-0.3, -0.25) is 4.98 Å². The van der Waals surface area contributed by atoms with Crippen LogP contribution in [0.15, 0.2) is 90.0 Å². The lowest BCUT2D eigenvalue weighted by atomic mass is 10.1. The number of pyridine rings is 2. The summed E-state index contributed by atoms with van der Waals surface area (Å²) in [4.78, 5) is 9.41. The maximum Gasteiger partial charge on any atom is 0.268 e. The van der Waals surface area contributed by atoms with Gasteiger partial charge in [0.25, 0.3) is 10.0 Å². The highest BCUT2D eigenvalue weighted by molar-refractivity contribution is 7.90. The van der Waals surface area contributed by atoms with Crippen molar-refractivity contribution in [2.24, 2.45) is 0 Å². The van der Waals surface area contributed by atoms with Crippen LogP contribution in [-0.4, -0.2) is 22.4 Å². The van der Waals surface area contributed by atoms with E-state index in [4.69, 9.17) is 0 Å². The van der Waals surface area contributed by atoms with Crippen molar-refractivity contribution in [3.8, 4) is 0 Å². The van der Waals surface area contributed by atoms with Crippen LogP contribution < -0.4 is 5.32 Å². The Morgan fingerprint density at radius 1 is 0.833 bits per heavy atom. The summed E-state index contributed by atoms with van der Waals surface area (Å²) in [6.07, 6.45) is 1.54. The van der Waals surface area contributed by atoms with Gasteiger partial charge in [0, 0.05) is 17.3 Å². The van der Waals surface area contributed by atoms with E-state index in [1.165, 1.54) is 10.2 Å². The van der Waals surface area contributed by atoms with Gasteiger partial charge in [0.1, 0.15) is 5.82 Å². The molecule has 0 radical (unpaired) electrons. The van der Waals surface area contributed by atoms with Gasteiger partial charge in [0.2, 0.25) is 0 Å². The van der Waals surface area contributed by atoms with E-state index >= 15 is 0 Å². The highest BCUT2D eigenvalue weighted by Crippen LogP contribution is 2.27. The van der Waals surface area contributed by atoms with E-state index in [9.17, 15) is 8.42 Å². The van der Waals surface area contributed by atoms with Crippen molar-refractivity contribution in [2.45, 2.75) is 11.8 Å². The SMILES string of the molecule is Cc1cc(Nc2ccc3c(ccn3S(=O)(=O)c3ccccc3)n2)c2ccccc2n1. The summed E-state index contributed by atoms with van der Waals surface area (Å²) in [5.74, 6) is 0.633. The Labute approximate surface area is 173 Å². The van der Waals surface area contributed by atoms with E-state index in [0.29, 0.717) is 16.9 Å². The number of rotatable bonds is 4. The zero-order chi connectivity index (χ0) is 20.7. The number of aryl methyl sites for hydroxylation is 1. The molecule has 0 atom stereocenters. The molecule has 148 valence electrons. The van der Waals surface area contributed by atoms with E-state index in [1.54, 1.807) is 48.5 Å². The third kappa shape index (κ3) is 3.09. The number of aromatic nitrogens is 3. The van der Waals surface area contributed by atoms with Gasteiger partial charge < -0.3 is 5.32 Å². The molecule has 1 N–H and O–H groups in total. The van der Waals surface area contributed by atoms with Crippen molar-refractivity contribution in [3.63, 3.8) is 0 Å². The van der Waals surface area contributed by atoms with Gasteiger partial charge in [-0.25, -0.2) is 17.4 Å². The normalized spacial score (nSPS) is 11.8. The summed E-state index contributed by atoms with van der Waals surface area (Å²) in [7, 11) is -3.68. The highest BCUT2D eigenvalue weighted by Gasteiger charge is 2.19. The molecule has 0 aliphatic carbocycles. The quantitative estimate of drug-likeness (QED) is 0.454. The Hall–Kier alpha value is -3.71. The molecule has 2 aromatic carbocycles. The summed E-state index contributed by atoms with van der Waals surface area (Å²) < 4.78 is 27.2. The van der Waals surface area contributed by atoms with Gasteiger partial charge in [0.05, 0.1) is 27.1 Å². The zero-order valence-corrected chi connectivity index (χ0v) is 17.0. The Morgan fingerprint density at radius 2 is 1.60 bits per heavy atom. The van der Waals surface area contributed by atoms with Crippen LogP contribution >= 0.6 is 0 Å². The molecule has 3 heterocycles. The molecule has 30 heavy (non-hydrogen) atoms. The lowest BCUT2D eigenvalue weighted by Gasteiger charge is -2.11. The van der Waals surface area contributed by atoms with Gasteiger partial charge in [-0.2, -0.15) is 0 Å². The van der Waals surface area contributed by atoms with Crippen LogP contribution in [-0.2, 0) is 10.0 Å². The van der Waals surface area contributed by atoms with Gasteiger partial charge in [0.15, 0.2) is 0 Å². The first-order chi connectivity index (χ1) is 14.5. The molecular weight excluding hydrogens is 396 g/mol. The average molecular weight is 414 g/mol. The number of anilines is 2. The monoisotopic (exact) mass is 414 g/mol. The molecule has 0 aliphatic rings. The molecule has 0 fully saturated rings. The van der Waals surface area contributed by atoms with Crippen LogP contribution in [0.4, 0.5) is 11.5 Å². The molecule has 5 aromatic rings. The van der Waals surface area contributed by atoms with Crippen LogP contribution in [0.2, 0.25) is 0 Å². The van der Waals surface area contributed by atoms with E-state index in [2.05, 4.69) is 15.3 Å². The summed E-state index contributed by atoms with van der Waals surface area (Å²) >= 11 is 0. The first kappa shape index (κ1) is 18.3. The van der Waals surface area contributed by atoms with Gasteiger partial charge in [-0.15, -0.1) is 0 Å².